The average molecular weight is 351 g/mol. The van der Waals surface area contributed by atoms with E-state index in [2.05, 4.69) is 12.2 Å². The quantitative estimate of drug-likeness (QED) is 0.787. The van der Waals surface area contributed by atoms with Gasteiger partial charge in [0.1, 0.15) is 0 Å². The van der Waals surface area contributed by atoms with Gasteiger partial charge < -0.3 is 10.1 Å². The fourth-order valence-electron chi connectivity index (χ4n) is 2.78. The molecule has 130 valence electrons. The third-order valence-corrected chi connectivity index (χ3v) is 4.24. The number of nitrogens with one attached hydrogen (secondary N) is 1. The number of rotatable bonds is 6. The second-order valence-electron chi connectivity index (χ2n) is 5.66. The maximum absolute atomic E-state index is 12.5. The Morgan fingerprint density at radius 3 is 2.75 bits per heavy atom. The number of nitrogens with zero attached hydrogens (tertiary/aromatic N) is 1. The van der Waals surface area contributed by atoms with Crippen LogP contribution in [0.5, 0.6) is 0 Å². The molecule has 1 atom stereocenters. The van der Waals surface area contributed by atoms with Crippen molar-refractivity contribution in [2.75, 3.05) is 13.2 Å². The largest absolute Gasteiger partial charge is 0.463 e. The molecule has 6 heteroatoms. The number of carbonyl (C=O) groups is 2. The second-order valence-corrected chi connectivity index (χ2v) is 6.10. The number of hydrogen-bond donors (Lipinski definition) is 1. The van der Waals surface area contributed by atoms with Gasteiger partial charge in [0.05, 0.1) is 18.2 Å². The molecule has 0 bridgehead atoms. The van der Waals surface area contributed by atoms with Crippen LogP contribution in [0.3, 0.4) is 0 Å². The Hall–Kier alpha value is -2.01. The van der Waals surface area contributed by atoms with E-state index in [1.807, 2.05) is 6.07 Å². The lowest BCUT2D eigenvalue weighted by atomic mass is 9.95. The van der Waals surface area contributed by atoms with Gasteiger partial charge in [-0.3, -0.25) is 4.90 Å². The topological polar surface area (TPSA) is 58.6 Å². The summed E-state index contributed by atoms with van der Waals surface area (Å²) in [7, 11) is 0. The van der Waals surface area contributed by atoms with Crippen LogP contribution >= 0.6 is 11.6 Å². The molecule has 0 aromatic heterocycles. The number of amides is 2. The third-order valence-electron chi connectivity index (χ3n) is 4.01. The Kier molecular flexibility index (Phi) is 6.26. The summed E-state index contributed by atoms with van der Waals surface area (Å²) in [6.45, 7) is 6.46. The van der Waals surface area contributed by atoms with Crippen molar-refractivity contribution in [3.63, 3.8) is 0 Å². The predicted molar refractivity (Wildman–Crippen MR) is 93.7 cm³/mol. The van der Waals surface area contributed by atoms with Gasteiger partial charge in [0.25, 0.3) is 0 Å². The van der Waals surface area contributed by atoms with E-state index in [1.165, 1.54) is 0 Å². The molecular weight excluding hydrogens is 328 g/mol. The summed E-state index contributed by atoms with van der Waals surface area (Å²) >= 11 is 6.07. The number of allylic oxidation sites excluding steroid dienone is 1. The predicted octanol–water partition coefficient (Wildman–Crippen LogP) is 4.04. The number of hydrogen-bond acceptors (Lipinski definition) is 3. The highest BCUT2D eigenvalue weighted by atomic mass is 35.5. The lowest BCUT2D eigenvalue weighted by Crippen LogP contribution is -2.48. The van der Waals surface area contributed by atoms with Gasteiger partial charge in [-0.1, -0.05) is 37.1 Å². The first-order valence-corrected chi connectivity index (χ1v) is 8.58. The van der Waals surface area contributed by atoms with Crippen LogP contribution in [-0.4, -0.2) is 30.1 Å². The van der Waals surface area contributed by atoms with Crippen molar-refractivity contribution in [3.05, 3.63) is 46.1 Å². The Morgan fingerprint density at radius 2 is 2.12 bits per heavy atom. The van der Waals surface area contributed by atoms with Crippen LogP contribution in [-0.2, 0) is 9.53 Å². The van der Waals surface area contributed by atoms with Crippen LogP contribution in [0, 0.1) is 0 Å². The molecule has 1 aliphatic rings. The molecule has 1 unspecified atom stereocenters. The summed E-state index contributed by atoms with van der Waals surface area (Å²) in [5.41, 5.74) is 1.85. The number of unbranched alkanes of at least 4 members (excludes halogenated alkanes) is 1. The van der Waals surface area contributed by atoms with E-state index in [9.17, 15) is 9.59 Å². The van der Waals surface area contributed by atoms with Crippen molar-refractivity contribution in [2.24, 2.45) is 0 Å². The summed E-state index contributed by atoms with van der Waals surface area (Å²) in [5, 5.41) is 3.46. The summed E-state index contributed by atoms with van der Waals surface area (Å²) in [6, 6.07) is 6.37. The minimum absolute atomic E-state index is 0.209. The summed E-state index contributed by atoms with van der Waals surface area (Å²) < 4.78 is 5.21. The molecule has 0 fully saturated rings. The van der Waals surface area contributed by atoms with Crippen LogP contribution < -0.4 is 5.32 Å². The molecule has 2 amide bonds. The number of urea groups is 1. The molecule has 0 saturated carbocycles. The molecule has 1 heterocycles. The zero-order chi connectivity index (χ0) is 17.7. The van der Waals surface area contributed by atoms with Crippen molar-refractivity contribution in [1.82, 2.24) is 10.2 Å². The summed E-state index contributed by atoms with van der Waals surface area (Å²) in [5.74, 6) is -0.415. The Labute approximate surface area is 147 Å². The molecule has 5 nitrogen and oxygen atoms in total. The van der Waals surface area contributed by atoms with Crippen molar-refractivity contribution >= 4 is 23.6 Å². The fourth-order valence-corrected chi connectivity index (χ4v) is 2.97. The second kappa shape index (κ2) is 8.20. The third kappa shape index (κ3) is 3.90. The lowest BCUT2D eigenvalue weighted by molar-refractivity contribution is -0.139. The van der Waals surface area contributed by atoms with E-state index in [0.29, 0.717) is 22.8 Å². The Bertz CT molecular complexity index is 657. The number of halogens is 1. The smallest absolute Gasteiger partial charge is 0.338 e. The zero-order valence-corrected chi connectivity index (χ0v) is 15.0. The van der Waals surface area contributed by atoms with Gasteiger partial charge >= 0.3 is 12.0 Å². The number of ether oxygens (including phenoxy) is 1. The molecule has 1 N–H and O–H groups in total. The lowest BCUT2D eigenvalue weighted by Gasteiger charge is -2.35. The van der Waals surface area contributed by atoms with Crippen LogP contribution in [0.15, 0.2) is 35.5 Å². The van der Waals surface area contributed by atoms with E-state index in [1.54, 1.807) is 36.9 Å². The van der Waals surface area contributed by atoms with Crippen molar-refractivity contribution in [2.45, 2.75) is 39.7 Å². The van der Waals surface area contributed by atoms with Gasteiger partial charge in [0.15, 0.2) is 0 Å². The van der Waals surface area contributed by atoms with Crippen molar-refractivity contribution < 1.29 is 14.3 Å². The molecule has 1 aromatic rings. The molecule has 0 spiro atoms. The van der Waals surface area contributed by atoms with Crippen molar-refractivity contribution in [1.29, 1.82) is 0 Å². The molecular formula is C18H23ClN2O3. The van der Waals surface area contributed by atoms with Gasteiger partial charge in [0.2, 0.25) is 0 Å². The highest BCUT2D eigenvalue weighted by molar-refractivity contribution is 6.30. The van der Waals surface area contributed by atoms with Gasteiger partial charge in [-0.2, -0.15) is 0 Å². The van der Waals surface area contributed by atoms with E-state index in [-0.39, 0.29) is 12.6 Å². The SMILES string of the molecule is CCCCN1C(=O)NC(c2cccc(Cl)c2)C(C(=O)OCC)=C1C. The molecule has 0 radical (unpaired) electrons. The molecule has 2 rings (SSSR count). The number of esters is 1. The molecule has 0 aliphatic carbocycles. The minimum Gasteiger partial charge on any atom is -0.463 e. The van der Waals surface area contributed by atoms with Gasteiger partial charge in [0, 0.05) is 17.3 Å². The highest BCUT2D eigenvalue weighted by Crippen LogP contribution is 2.32. The molecule has 1 aliphatic heterocycles. The summed E-state index contributed by atoms with van der Waals surface area (Å²) in [4.78, 5) is 26.6. The fraction of sp³-hybridized carbons (Fsp3) is 0.444. The van der Waals surface area contributed by atoms with Gasteiger partial charge in [-0.15, -0.1) is 0 Å². The van der Waals surface area contributed by atoms with Crippen molar-refractivity contribution in [3.8, 4) is 0 Å². The van der Waals surface area contributed by atoms with E-state index < -0.39 is 12.0 Å². The number of carbonyl (C=O) groups excluding carboxylic acids is 2. The van der Waals surface area contributed by atoms with E-state index in [4.69, 9.17) is 16.3 Å². The molecule has 24 heavy (non-hydrogen) atoms. The first kappa shape index (κ1) is 18.3. The first-order valence-electron chi connectivity index (χ1n) is 8.21. The molecule has 1 aromatic carbocycles. The standard InChI is InChI=1S/C18H23ClN2O3/c1-4-6-10-21-12(3)15(17(22)24-5-2)16(20-18(21)23)13-8-7-9-14(19)11-13/h7-9,11,16H,4-6,10H2,1-3H3,(H,20,23). The number of benzene rings is 1. The van der Waals surface area contributed by atoms with Crippen LogP contribution in [0.25, 0.3) is 0 Å². The summed E-state index contributed by atoms with van der Waals surface area (Å²) in [6.07, 6.45) is 1.83. The van der Waals surface area contributed by atoms with Gasteiger partial charge in [-0.05, 0) is 38.0 Å². The molecule has 0 saturated heterocycles. The average Bonchev–Trinajstić information content (AvgIpc) is 2.54. The normalized spacial score (nSPS) is 17.8. The van der Waals surface area contributed by atoms with Gasteiger partial charge in [-0.25, -0.2) is 9.59 Å². The van der Waals surface area contributed by atoms with Crippen LogP contribution in [0.2, 0.25) is 5.02 Å². The Morgan fingerprint density at radius 1 is 1.38 bits per heavy atom. The highest BCUT2D eigenvalue weighted by Gasteiger charge is 2.36. The minimum atomic E-state index is -0.562. The van der Waals surface area contributed by atoms with Crippen LogP contribution in [0.4, 0.5) is 4.79 Å². The zero-order valence-electron chi connectivity index (χ0n) is 14.3. The first-order chi connectivity index (χ1) is 11.5. The maximum Gasteiger partial charge on any atom is 0.338 e. The van der Waals surface area contributed by atoms with E-state index in [0.717, 1.165) is 18.4 Å². The monoisotopic (exact) mass is 350 g/mol. The van der Waals surface area contributed by atoms with Crippen LogP contribution in [0.1, 0.15) is 45.2 Å². The Balaban J connectivity index is 2.47. The maximum atomic E-state index is 12.5. The van der Waals surface area contributed by atoms with E-state index >= 15 is 0 Å².